The number of hydrogen-bond acceptors (Lipinski definition) is 4. The Morgan fingerprint density at radius 1 is 1.35 bits per heavy atom. The summed E-state index contributed by atoms with van der Waals surface area (Å²) in [5.41, 5.74) is 4.09. The molecule has 0 bridgehead atoms. The summed E-state index contributed by atoms with van der Waals surface area (Å²) in [6.45, 7) is 0. The van der Waals surface area contributed by atoms with Crippen LogP contribution in [0.4, 0.5) is 4.39 Å². The lowest BCUT2D eigenvalue weighted by Crippen LogP contribution is -2.04. The Morgan fingerprint density at radius 2 is 2.06 bits per heavy atom. The largest absolute Gasteiger partial charge is 0.500 e. The van der Waals surface area contributed by atoms with Crippen molar-refractivity contribution in [1.29, 1.82) is 0 Å². The first-order valence-electron chi connectivity index (χ1n) is 4.88. The molecule has 17 heavy (non-hydrogen) atoms. The summed E-state index contributed by atoms with van der Waals surface area (Å²) in [4.78, 5) is 16.1. The first-order valence-corrected chi connectivity index (χ1v) is 4.88. The van der Waals surface area contributed by atoms with Gasteiger partial charge in [0.1, 0.15) is 12.1 Å². The van der Waals surface area contributed by atoms with Gasteiger partial charge in [-0.2, -0.15) is 0 Å². The summed E-state index contributed by atoms with van der Waals surface area (Å²) in [5.74, 6) is -0.0459. The van der Waals surface area contributed by atoms with Gasteiger partial charge in [-0.3, -0.25) is 4.79 Å². The van der Waals surface area contributed by atoms with E-state index in [4.69, 9.17) is 9.57 Å². The molecule has 0 saturated heterocycles. The molecule has 1 aliphatic heterocycles. The maximum atomic E-state index is 12.8. The SMILES string of the molecule is CO/C=C1\ONC(c2ccc(F)cc2)=C1C=O. The molecule has 0 aliphatic carbocycles. The third kappa shape index (κ3) is 2.13. The molecule has 88 valence electrons. The minimum Gasteiger partial charge on any atom is -0.500 e. The van der Waals surface area contributed by atoms with Gasteiger partial charge in [-0.25, -0.2) is 9.87 Å². The average Bonchev–Trinajstić information content (AvgIpc) is 2.73. The molecule has 4 nitrogen and oxygen atoms in total. The van der Waals surface area contributed by atoms with E-state index in [2.05, 4.69) is 5.48 Å². The summed E-state index contributed by atoms with van der Waals surface area (Å²) in [7, 11) is 1.45. The summed E-state index contributed by atoms with van der Waals surface area (Å²) in [5, 5.41) is 0. The van der Waals surface area contributed by atoms with E-state index in [1.54, 1.807) is 12.1 Å². The van der Waals surface area contributed by atoms with Crippen molar-refractivity contribution in [3.05, 3.63) is 53.2 Å². The van der Waals surface area contributed by atoms with Crippen LogP contribution in [-0.2, 0) is 14.4 Å². The number of carbonyl (C=O) groups is 1. The van der Waals surface area contributed by atoms with Crippen molar-refractivity contribution in [2.45, 2.75) is 0 Å². The zero-order valence-electron chi connectivity index (χ0n) is 9.07. The lowest BCUT2D eigenvalue weighted by Gasteiger charge is -2.02. The smallest absolute Gasteiger partial charge is 0.202 e. The maximum absolute atomic E-state index is 12.8. The van der Waals surface area contributed by atoms with Crippen molar-refractivity contribution < 1.29 is 18.8 Å². The first kappa shape index (κ1) is 11.2. The minimum absolute atomic E-state index is 0.293. The van der Waals surface area contributed by atoms with Crippen LogP contribution in [0.2, 0.25) is 0 Å². The third-order valence-corrected chi connectivity index (χ3v) is 2.27. The normalized spacial score (nSPS) is 16.7. The van der Waals surface area contributed by atoms with Crippen LogP contribution in [0.15, 0.2) is 41.9 Å². The van der Waals surface area contributed by atoms with Crippen LogP contribution in [-0.4, -0.2) is 13.4 Å². The van der Waals surface area contributed by atoms with E-state index >= 15 is 0 Å². The van der Waals surface area contributed by atoms with Gasteiger partial charge in [0.25, 0.3) is 0 Å². The van der Waals surface area contributed by atoms with E-state index in [0.29, 0.717) is 28.9 Å². The second kappa shape index (κ2) is 4.69. The third-order valence-electron chi connectivity index (χ3n) is 2.27. The fraction of sp³-hybridized carbons (Fsp3) is 0.0833. The molecular formula is C12H10FNO3. The van der Waals surface area contributed by atoms with Crippen molar-refractivity contribution in [2.24, 2.45) is 0 Å². The van der Waals surface area contributed by atoms with E-state index in [0.717, 1.165) is 0 Å². The van der Waals surface area contributed by atoms with Crippen molar-refractivity contribution in [1.82, 2.24) is 5.48 Å². The number of hydrogen-bond donors (Lipinski definition) is 1. The fourth-order valence-corrected chi connectivity index (χ4v) is 1.48. The molecule has 1 heterocycles. The zero-order valence-corrected chi connectivity index (χ0v) is 9.07. The van der Waals surface area contributed by atoms with Gasteiger partial charge in [0.05, 0.1) is 18.4 Å². The quantitative estimate of drug-likeness (QED) is 0.640. The number of halogens is 1. The summed E-state index contributed by atoms with van der Waals surface area (Å²) >= 11 is 0. The predicted molar refractivity (Wildman–Crippen MR) is 58.7 cm³/mol. The molecule has 2 rings (SSSR count). The van der Waals surface area contributed by atoms with E-state index < -0.39 is 0 Å². The van der Waals surface area contributed by atoms with Crippen molar-refractivity contribution in [2.75, 3.05) is 7.11 Å². The Morgan fingerprint density at radius 3 is 2.65 bits per heavy atom. The lowest BCUT2D eigenvalue weighted by molar-refractivity contribution is -0.104. The average molecular weight is 235 g/mol. The molecule has 0 atom stereocenters. The highest BCUT2D eigenvalue weighted by Gasteiger charge is 2.22. The number of nitrogens with one attached hydrogen (secondary N) is 1. The number of aldehydes is 1. The summed E-state index contributed by atoms with van der Waals surface area (Å²) < 4.78 is 17.6. The molecule has 0 saturated carbocycles. The van der Waals surface area contributed by atoms with E-state index in [1.165, 1.54) is 25.5 Å². The summed E-state index contributed by atoms with van der Waals surface area (Å²) in [6, 6.07) is 5.73. The second-order valence-corrected chi connectivity index (χ2v) is 3.34. The molecule has 1 N–H and O–H groups in total. The molecule has 0 unspecified atom stereocenters. The van der Waals surface area contributed by atoms with Crippen LogP contribution >= 0.6 is 0 Å². The number of benzene rings is 1. The van der Waals surface area contributed by atoms with Crippen LogP contribution in [0.1, 0.15) is 5.56 Å². The van der Waals surface area contributed by atoms with Gasteiger partial charge >= 0.3 is 0 Å². The van der Waals surface area contributed by atoms with E-state index in [1.807, 2.05) is 0 Å². The number of hydroxylamine groups is 1. The minimum atomic E-state index is -0.339. The molecule has 1 aromatic rings. The van der Waals surface area contributed by atoms with Gasteiger partial charge in [-0.05, 0) is 24.3 Å². The van der Waals surface area contributed by atoms with Crippen molar-refractivity contribution in [3.8, 4) is 0 Å². The predicted octanol–water partition coefficient (Wildman–Crippen LogP) is 1.76. The highest BCUT2D eigenvalue weighted by Crippen LogP contribution is 2.26. The Balaban J connectivity index is 2.43. The van der Waals surface area contributed by atoms with Gasteiger partial charge in [0.2, 0.25) is 5.76 Å². The number of ether oxygens (including phenoxy) is 1. The van der Waals surface area contributed by atoms with Crippen molar-refractivity contribution in [3.63, 3.8) is 0 Å². The standard InChI is InChI=1S/C12H10FNO3/c1-16-7-11-10(6-15)12(14-17-11)8-2-4-9(13)5-3-8/h2-7,14H,1H3/b11-7-. The Labute approximate surface area is 97.3 Å². The van der Waals surface area contributed by atoms with Crippen LogP contribution in [0.25, 0.3) is 5.70 Å². The molecule has 0 radical (unpaired) electrons. The Kier molecular flexibility index (Phi) is 3.09. The van der Waals surface area contributed by atoms with E-state index in [-0.39, 0.29) is 5.82 Å². The monoisotopic (exact) mass is 235 g/mol. The zero-order chi connectivity index (χ0) is 12.3. The number of allylic oxidation sites excluding steroid dienone is 1. The molecule has 0 spiro atoms. The van der Waals surface area contributed by atoms with Crippen LogP contribution in [0.3, 0.4) is 0 Å². The number of carbonyl (C=O) groups excluding carboxylic acids is 1. The molecule has 0 amide bonds. The molecule has 0 aromatic heterocycles. The van der Waals surface area contributed by atoms with Gasteiger partial charge in [0.15, 0.2) is 6.29 Å². The Bertz CT molecular complexity index is 491. The van der Waals surface area contributed by atoms with E-state index in [9.17, 15) is 9.18 Å². The molecule has 0 fully saturated rings. The van der Waals surface area contributed by atoms with Crippen LogP contribution in [0, 0.1) is 5.82 Å². The molecular weight excluding hydrogens is 225 g/mol. The lowest BCUT2D eigenvalue weighted by atomic mass is 10.1. The number of rotatable bonds is 3. The summed E-state index contributed by atoms with van der Waals surface area (Å²) in [6.07, 6.45) is 1.97. The topological polar surface area (TPSA) is 47.6 Å². The van der Waals surface area contributed by atoms with Gasteiger partial charge in [-0.1, -0.05) is 0 Å². The van der Waals surface area contributed by atoms with Crippen LogP contribution < -0.4 is 5.48 Å². The highest BCUT2D eigenvalue weighted by atomic mass is 19.1. The maximum Gasteiger partial charge on any atom is 0.202 e. The van der Waals surface area contributed by atoms with Crippen molar-refractivity contribution >= 4 is 12.0 Å². The number of methoxy groups -OCH3 is 1. The fourth-order valence-electron chi connectivity index (χ4n) is 1.48. The molecule has 1 aromatic carbocycles. The highest BCUT2D eigenvalue weighted by molar-refractivity contribution is 5.93. The molecule has 5 heteroatoms. The molecule has 1 aliphatic rings. The van der Waals surface area contributed by atoms with Gasteiger partial charge < -0.3 is 9.57 Å². The first-order chi connectivity index (χ1) is 8.26. The van der Waals surface area contributed by atoms with Gasteiger partial charge in [0, 0.05) is 5.56 Å². The second-order valence-electron chi connectivity index (χ2n) is 3.34. The van der Waals surface area contributed by atoms with Crippen LogP contribution in [0.5, 0.6) is 0 Å². The van der Waals surface area contributed by atoms with Gasteiger partial charge in [-0.15, -0.1) is 0 Å². The Hall–Kier alpha value is -2.30.